The van der Waals surface area contributed by atoms with E-state index in [4.69, 9.17) is 15.3 Å². The van der Waals surface area contributed by atoms with Gasteiger partial charge in [0.2, 0.25) is 0 Å². The van der Waals surface area contributed by atoms with Crippen molar-refractivity contribution in [2.45, 2.75) is 71.4 Å². The van der Waals surface area contributed by atoms with Gasteiger partial charge in [0.1, 0.15) is 0 Å². The van der Waals surface area contributed by atoms with Gasteiger partial charge in [0.15, 0.2) is 0 Å². The Kier molecular flexibility index (Phi) is 6.74. The average molecular weight is 272 g/mol. The highest BCUT2D eigenvalue weighted by Crippen LogP contribution is 2.43. The Bertz CT molecular complexity index is 247. The monoisotopic (exact) mass is 272 g/mol. The zero-order valence-corrected chi connectivity index (χ0v) is 13.1. The normalized spacial score (nSPS) is 23.2. The van der Waals surface area contributed by atoms with Crippen molar-refractivity contribution >= 4 is 0 Å². The number of nitrogens with two attached hydrogens (primary N) is 1. The van der Waals surface area contributed by atoms with Crippen LogP contribution in [0, 0.1) is 5.41 Å². The zero-order valence-electron chi connectivity index (χ0n) is 13.1. The molecule has 0 aromatic heterocycles. The molecule has 1 fully saturated rings. The van der Waals surface area contributed by atoms with Crippen molar-refractivity contribution in [3.8, 4) is 0 Å². The van der Waals surface area contributed by atoms with Crippen molar-refractivity contribution in [3.05, 3.63) is 0 Å². The summed E-state index contributed by atoms with van der Waals surface area (Å²) < 4.78 is 11.8. The van der Waals surface area contributed by atoms with E-state index in [0.29, 0.717) is 12.0 Å². The second-order valence-electron chi connectivity index (χ2n) is 6.46. The molecule has 1 atom stereocenters. The van der Waals surface area contributed by atoms with E-state index in [2.05, 4.69) is 33.1 Å². The van der Waals surface area contributed by atoms with Crippen molar-refractivity contribution < 1.29 is 9.47 Å². The first-order valence-electron chi connectivity index (χ1n) is 7.67. The summed E-state index contributed by atoms with van der Waals surface area (Å²) >= 11 is 0. The van der Waals surface area contributed by atoms with Crippen LogP contribution >= 0.6 is 0 Å². The van der Waals surface area contributed by atoms with E-state index >= 15 is 0 Å². The third-order valence-electron chi connectivity index (χ3n) is 4.35. The van der Waals surface area contributed by atoms with Gasteiger partial charge in [-0.25, -0.2) is 0 Å². The van der Waals surface area contributed by atoms with Crippen LogP contribution in [0.2, 0.25) is 0 Å². The Morgan fingerprint density at radius 3 is 2.26 bits per heavy atom. The van der Waals surface area contributed by atoms with Gasteiger partial charge in [-0.2, -0.15) is 0 Å². The molecule has 114 valence electrons. The zero-order chi connectivity index (χ0) is 14.4. The molecule has 4 nitrogen and oxygen atoms in total. The third-order valence-corrected chi connectivity index (χ3v) is 4.35. The summed E-state index contributed by atoms with van der Waals surface area (Å²) in [5, 5.41) is 0. The van der Waals surface area contributed by atoms with Crippen molar-refractivity contribution in [2.75, 3.05) is 19.8 Å². The van der Waals surface area contributed by atoms with E-state index in [-0.39, 0.29) is 11.6 Å². The van der Waals surface area contributed by atoms with Crippen LogP contribution in [0.4, 0.5) is 0 Å². The molecular weight excluding hydrogens is 240 g/mol. The lowest BCUT2D eigenvalue weighted by Gasteiger charge is -2.47. The van der Waals surface area contributed by atoms with Crippen LogP contribution in [-0.2, 0) is 9.47 Å². The van der Waals surface area contributed by atoms with Gasteiger partial charge < -0.3 is 9.47 Å². The molecular formula is C15H32N2O2. The smallest absolute Gasteiger partial charge is 0.0870 e. The van der Waals surface area contributed by atoms with Gasteiger partial charge in [0.05, 0.1) is 18.2 Å². The average Bonchev–Trinajstić information content (AvgIpc) is 2.38. The quantitative estimate of drug-likeness (QED) is 0.405. The standard InChI is InChI=1S/C15H32N2O2/c1-5-11-18-12-13(17-16)15(19-6-2)9-7-14(3,4)8-10-15/h13,17H,5-12,16H2,1-4H3. The van der Waals surface area contributed by atoms with Crippen molar-refractivity contribution in [1.29, 1.82) is 0 Å². The van der Waals surface area contributed by atoms with Gasteiger partial charge in [0.25, 0.3) is 0 Å². The fraction of sp³-hybridized carbons (Fsp3) is 1.00. The van der Waals surface area contributed by atoms with Crippen LogP contribution in [0.1, 0.15) is 59.8 Å². The number of hydrogen-bond acceptors (Lipinski definition) is 4. The van der Waals surface area contributed by atoms with Crippen molar-refractivity contribution in [1.82, 2.24) is 5.43 Å². The Hall–Kier alpha value is -0.160. The molecule has 1 aliphatic carbocycles. The molecule has 0 bridgehead atoms. The van der Waals surface area contributed by atoms with Crippen LogP contribution in [0.25, 0.3) is 0 Å². The van der Waals surface area contributed by atoms with E-state index in [1.54, 1.807) is 0 Å². The summed E-state index contributed by atoms with van der Waals surface area (Å²) in [6.45, 7) is 11.0. The third kappa shape index (κ3) is 4.71. The molecule has 0 radical (unpaired) electrons. The van der Waals surface area contributed by atoms with Crippen molar-refractivity contribution in [3.63, 3.8) is 0 Å². The first-order chi connectivity index (χ1) is 8.99. The van der Waals surface area contributed by atoms with Crippen LogP contribution in [0.3, 0.4) is 0 Å². The Labute approximate surface area is 118 Å². The van der Waals surface area contributed by atoms with E-state index in [1.165, 1.54) is 12.8 Å². The summed E-state index contributed by atoms with van der Waals surface area (Å²) in [4.78, 5) is 0. The maximum atomic E-state index is 6.12. The molecule has 1 aliphatic rings. The fourth-order valence-corrected chi connectivity index (χ4v) is 2.93. The fourth-order valence-electron chi connectivity index (χ4n) is 2.93. The van der Waals surface area contributed by atoms with Gasteiger partial charge in [-0.1, -0.05) is 20.8 Å². The summed E-state index contributed by atoms with van der Waals surface area (Å²) in [5.41, 5.74) is 3.19. The van der Waals surface area contributed by atoms with E-state index in [1.807, 2.05) is 0 Å². The topological polar surface area (TPSA) is 56.5 Å². The van der Waals surface area contributed by atoms with Gasteiger partial charge in [-0.3, -0.25) is 11.3 Å². The lowest BCUT2D eigenvalue weighted by atomic mass is 9.68. The molecule has 0 aromatic carbocycles. The van der Waals surface area contributed by atoms with Crippen LogP contribution < -0.4 is 11.3 Å². The lowest BCUT2D eigenvalue weighted by Crippen LogP contribution is -2.59. The highest BCUT2D eigenvalue weighted by molar-refractivity contribution is 4.98. The van der Waals surface area contributed by atoms with Gasteiger partial charge >= 0.3 is 0 Å². The summed E-state index contributed by atoms with van der Waals surface area (Å²) in [5.74, 6) is 5.76. The molecule has 0 saturated heterocycles. The van der Waals surface area contributed by atoms with Gasteiger partial charge in [-0.05, 0) is 44.4 Å². The van der Waals surface area contributed by atoms with Crippen LogP contribution in [-0.4, -0.2) is 31.5 Å². The SMILES string of the molecule is CCCOCC(NN)C1(OCC)CCC(C)(C)CC1. The summed E-state index contributed by atoms with van der Waals surface area (Å²) in [6.07, 6.45) is 5.50. The predicted molar refractivity (Wildman–Crippen MR) is 78.8 cm³/mol. The Morgan fingerprint density at radius 1 is 1.16 bits per heavy atom. The largest absolute Gasteiger partial charge is 0.380 e. The van der Waals surface area contributed by atoms with E-state index < -0.39 is 0 Å². The minimum atomic E-state index is -0.160. The molecule has 0 aliphatic heterocycles. The second kappa shape index (κ2) is 7.58. The second-order valence-corrected chi connectivity index (χ2v) is 6.46. The molecule has 0 spiro atoms. The predicted octanol–water partition coefficient (Wildman–Crippen LogP) is 2.62. The van der Waals surface area contributed by atoms with Gasteiger partial charge in [0, 0.05) is 13.2 Å². The van der Waals surface area contributed by atoms with Crippen molar-refractivity contribution in [2.24, 2.45) is 11.3 Å². The first-order valence-corrected chi connectivity index (χ1v) is 7.67. The number of ether oxygens (including phenoxy) is 2. The molecule has 4 heteroatoms. The maximum Gasteiger partial charge on any atom is 0.0870 e. The molecule has 0 amide bonds. The maximum absolute atomic E-state index is 6.12. The highest BCUT2D eigenvalue weighted by atomic mass is 16.5. The Balaban J connectivity index is 2.68. The molecule has 1 rings (SSSR count). The van der Waals surface area contributed by atoms with E-state index in [9.17, 15) is 0 Å². The number of rotatable bonds is 8. The first kappa shape index (κ1) is 16.9. The molecule has 1 saturated carbocycles. The minimum Gasteiger partial charge on any atom is -0.380 e. The number of nitrogens with one attached hydrogen (secondary N) is 1. The molecule has 3 N–H and O–H groups in total. The number of hydrogen-bond donors (Lipinski definition) is 2. The van der Waals surface area contributed by atoms with Crippen LogP contribution in [0.5, 0.6) is 0 Å². The highest BCUT2D eigenvalue weighted by Gasteiger charge is 2.44. The van der Waals surface area contributed by atoms with E-state index in [0.717, 1.165) is 32.5 Å². The van der Waals surface area contributed by atoms with Crippen LogP contribution in [0.15, 0.2) is 0 Å². The lowest BCUT2D eigenvalue weighted by molar-refractivity contribution is -0.119. The summed E-state index contributed by atoms with van der Waals surface area (Å²) in [7, 11) is 0. The summed E-state index contributed by atoms with van der Waals surface area (Å²) in [6, 6.07) is 0.0788. The molecule has 0 heterocycles. The van der Waals surface area contributed by atoms with Gasteiger partial charge in [-0.15, -0.1) is 0 Å². The number of hydrazine groups is 1. The Morgan fingerprint density at radius 2 is 1.79 bits per heavy atom. The molecule has 19 heavy (non-hydrogen) atoms. The minimum absolute atomic E-state index is 0.0788. The molecule has 1 unspecified atom stereocenters. The molecule has 0 aromatic rings.